The summed E-state index contributed by atoms with van der Waals surface area (Å²) in [5, 5.41) is 7.36. The molecule has 1 aliphatic rings. The van der Waals surface area contributed by atoms with Gasteiger partial charge in [0.1, 0.15) is 0 Å². The van der Waals surface area contributed by atoms with E-state index in [1.807, 2.05) is 31.3 Å². The van der Waals surface area contributed by atoms with Gasteiger partial charge in [-0.2, -0.15) is 0 Å². The highest BCUT2D eigenvalue weighted by Crippen LogP contribution is 2.18. The molecule has 2 amide bonds. The molecule has 1 fully saturated rings. The molecular weight excluding hydrogens is 278 g/mol. The number of carbonyl (C=O) groups is 1. The van der Waals surface area contributed by atoms with Crippen LogP contribution in [0, 0.1) is 0 Å². The van der Waals surface area contributed by atoms with Crippen molar-refractivity contribution in [1.29, 1.82) is 0 Å². The third kappa shape index (κ3) is 3.17. The molecule has 6 heteroatoms. The zero-order valence-electron chi connectivity index (χ0n) is 12.9. The molecule has 0 bridgehead atoms. The van der Waals surface area contributed by atoms with Crippen LogP contribution < -0.4 is 16.4 Å². The van der Waals surface area contributed by atoms with Crippen molar-refractivity contribution in [1.82, 2.24) is 20.5 Å². The number of nitrogen functional groups attached to an aromatic ring is 1. The molecule has 1 aromatic heterocycles. The van der Waals surface area contributed by atoms with E-state index in [2.05, 4.69) is 15.6 Å². The van der Waals surface area contributed by atoms with Crippen LogP contribution in [0.4, 0.5) is 10.5 Å². The van der Waals surface area contributed by atoms with Crippen LogP contribution in [0.3, 0.4) is 0 Å². The normalized spacial score (nSPS) is 18.3. The summed E-state index contributed by atoms with van der Waals surface area (Å²) in [4.78, 5) is 17.3. The van der Waals surface area contributed by atoms with Crippen molar-refractivity contribution < 1.29 is 4.79 Å². The number of H-pyrrole nitrogens is 1. The summed E-state index contributed by atoms with van der Waals surface area (Å²) in [6.45, 7) is 2.40. The molecule has 0 radical (unpaired) electrons. The average Bonchev–Trinajstić information content (AvgIpc) is 2.94. The summed E-state index contributed by atoms with van der Waals surface area (Å²) < 4.78 is 0. The van der Waals surface area contributed by atoms with Crippen LogP contribution in [0.2, 0.25) is 0 Å². The number of aromatic amines is 1. The fourth-order valence-electron chi connectivity index (χ4n) is 2.93. The first-order chi connectivity index (χ1) is 10.6. The topological polar surface area (TPSA) is 86.2 Å². The third-order valence-corrected chi connectivity index (χ3v) is 4.27. The number of nitrogens with one attached hydrogen (secondary N) is 3. The van der Waals surface area contributed by atoms with Gasteiger partial charge in [0, 0.05) is 41.9 Å². The van der Waals surface area contributed by atoms with Gasteiger partial charge in [-0.3, -0.25) is 0 Å². The zero-order chi connectivity index (χ0) is 15.5. The number of carbonyl (C=O) groups excluding carboxylic acids is 1. The molecule has 1 aliphatic heterocycles. The van der Waals surface area contributed by atoms with Gasteiger partial charge in [0.15, 0.2) is 0 Å². The lowest BCUT2D eigenvalue weighted by atomic mass is 10.1. The number of fused-ring (bicyclic) bond motifs is 1. The number of amides is 2. The molecule has 22 heavy (non-hydrogen) atoms. The number of rotatable bonds is 3. The number of hydrogen-bond donors (Lipinski definition) is 4. The minimum atomic E-state index is -0.0353. The zero-order valence-corrected chi connectivity index (χ0v) is 12.9. The van der Waals surface area contributed by atoms with Gasteiger partial charge in [0.2, 0.25) is 0 Å². The van der Waals surface area contributed by atoms with Crippen LogP contribution in [-0.2, 0) is 6.54 Å². The van der Waals surface area contributed by atoms with Gasteiger partial charge >= 0.3 is 6.03 Å². The fourth-order valence-corrected chi connectivity index (χ4v) is 2.93. The summed E-state index contributed by atoms with van der Waals surface area (Å²) in [7, 11) is 1.86. The van der Waals surface area contributed by atoms with Crippen LogP contribution in [0.1, 0.15) is 18.5 Å². The van der Waals surface area contributed by atoms with E-state index in [4.69, 9.17) is 5.73 Å². The maximum Gasteiger partial charge on any atom is 0.317 e. The van der Waals surface area contributed by atoms with Crippen LogP contribution in [-0.4, -0.2) is 42.1 Å². The van der Waals surface area contributed by atoms with Crippen molar-refractivity contribution >= 4 is 22.6 Å². The van der Waals surface area contributed by atoms with Crippen molar-refractivity contribution in [2.24, 2.45) is 0 Å². The molecule has 5 N–H and O–H groups in total. The predicted molar refractivity (Wildman–Crippen MR) is 88.6 cm³/mol. The minimum Gasteiger partial charge on any atom is -0.399 e. The Morgan fingerprint density at radius 2 is 2.32 bits per heavy atom. The first-order valence-electron chi connectivity index (χ1n) is 7.72. The van der Waals surface area contributed by atoms with Crippen molar-refractivity contribution in [3.05, 3.63) is 30.0 Å². The Morgan fingerprint density at radius 3 is 3.09 bits per heavy atom. The number of nitrogens with two attached hydrogens (primary N) is 1. The Morgan fingerprint density at radius 1 is 1.45 bits per heavy atom. The first-order valence-corrected chi connectivity index (χ1v) is 7.72. The fraction of sp³-hybridized carbons (Fsp3) is 0.438. The molecule has 2 aromatic rings. The lowest BCUT2D eigenvalue weighted by Crippen LogP contribution is -2.49. The lowest BCUT2D eigenvalue weighted by molar-refractivity contribution is 0.178. The number of benzene rings is 1. The number of aromatic nitrogens is 1. The van der Waals surface area contributed by atoms with Crippen LogP contribution >= 0.6 is 0 Å². The number of likely N-dealkylation sites (N-methyl/N-ethyl adjacent to an activating group) is 1. The van der Waals surface area contributed by atoms with Gasteiger partial charge < -0.3 is 26.3 Å². The highest BCUT2D eigenvalue weighted by molar-refractivity contribution is 5.83. The molecule has 1 saturated heterocycles. The van der Waals surface area contributed by atoms with Gasteiger partial charge in [0.05, 0.1) is 6.54 Å². The molecule has 3 rings (SSSR count). The molecule has 0 saturated carbocycles. The Hall–Kier alpha value is -2.21. The lowest BCUT2D eigenvalue weighted by Gasteiger charge is -2.31. The average molecular weight is 301 g/mol. The van der Waals surface area contributed by atoms with E-state index >= 15 is 0 Å². The van der Waals surface area contributed by atoms with Gasteiger partial charge in [0.25, 0.3) is 0 Å². The Kier molecular flexibility index (Phi) is 4.20. The van der Waals surface area contributed by atoms with Crippen LogP contribution in [0.5, 0.6) is 0 Å². The Balaban J connectivity index is 1.59. The maximum atomic E-state index is 12.2. The Bertz CT molecular complexity index is 660. The number of urea groups is 1. The summed E-state index contributed by atoms with van der Waals surface area (Å²) in [6, 6.07) is 8.01. The molecule has 118 valence electrons. The summed E-state index contributed by atoms with van der Waals surface area (Å²) in [5.74, 6) is 0. The van der Waals surface area contributed by atoms with E-state index in [9.17, 15) is 4.79 Å². The van der Waals surface area contributed by atoms with Gasteiger partial charge in [-0.15, -0.1) is 0 Å². The molecule has 2 heterocycles. The molecule has 0 aliphatic carbocycles. The third-order valence-electron chi connectivity index (χ3n) is 4.27. The van der Waals surface area contributed by atoms with Crippen molar-refractivity contribution in [2.75, 3.05) is 25.9 Å². The second kappa shape index (κ2) is 6.27. The number of hydrogen-bond acceptors (Lipinski definition) is 3. The van der Waals surface area contributed by atoms with E-state index in [1.54, 1.807) is 4.90 Å². The quantitative estimate of drug-likeness (QED) is 0.650. The standard InChI is InChI=1S/C16H23N5O/c1-21(14-3-2-6-18-10-14)16(22)19-9-13-8-11-7-12(17)4-5-15(11)20-13/h4-5,7-8,14,18,20H,2-3,6,9-10,17H2,1H3,(H,19,22)/t14-/m1/s1. The number of anilines is 1. The second-order valence-corrected chi connectivity index (χ2v) is 5.91. The minimum absolute atomic E-state index is 0.0353. The summed E-state index contributed by atoms with van der Waals surface area (Å²) >= 11 is 0. The van der Waals surface area contributed by atoms with Crippen LogP contribution in [0.25, 0.3) is 10.9 Å². The smallest absolute Gasteiger partial charge is 0.317 e. The van der Waals surface area contributed by atoms with Crippen LogP contribution in [0.15, 0.2) is 24.3 Å². The molecule has 0 spiro atoms. The van der Waals surface area contributed by atoms with Gasteiger partial charge in [-0.05, 0) is 43.7 Å². The first kappa shape index (κ1) is 14.7. The summed E-state index contributed by atoms with van der Waals surface area (Å²) in [5.41, 5.74) is 8.53. The Labute approximate surface area is 130 Å². The number of piperidine rings is 1. The van der Waals surface area contributed by atoms with Crippen molar-refractivity contribution in [3.8, 4) is 0 Å². The SMILES string of the molecule is CN(C(=O)NCc1cc2cc(N)ccc2[nH]1)[C@@H]1CCCNC1. The van der Waals surface area contributed by atoms with Gasteiger partial charge in [-0.1, -0.05) is 0 Å². The highest BCUT2D eigenvalue weighted by atomic mass is 16.2. The summed E-state index contributed by atoms with van der Waals surface area (Å²) in [6.07, 6.45) is 2.17. The molecular formula is C16H23N5O. The maximum absolute atomic E-state index is 12.2. The monoisotopic (exact) mass is 301 g/mol. The van der Waals surface area contributed by atoms with E-state index < -0.39 is 0 Å². The van der Waals surface area contributed by atoms with E-state index in [1.165, 1.54) is 0 Å². The highest BCUT2D eigenvalue weighted by Gasteiger charge is 2.21. The largest absolute Gasteiger partial charge is 0.399 e. The predicted octanol–water partition coefficient (Wildman–Crippen LogP) is 1.64. The molecule has 1 atom stereocenters. The van der Waals surface area contributed by atoms with Crippen molar-refractivity contribution in [3.63, 3.8) is 0 Å². The number of nitrogens with zero attached hydrogens (tertiary/aromatic N) is 1. The second-order valence-electron chi connectivity index (χ2n) is 5.91. The molecule has 6 nitrogen and oxygen atoms in total. The van der Waals surface area contributed by atoms with E-state index in [0.717, 1.165) is 48.2 Å². The van der Waals surface area contributed by atoms with E-state index in [0.29, 0.717) is 6.54 Å². The molecule has 0 unspecified atom stereocenters. The van der Waals surface area contributed by atoms with Gasteiger partial charge in [-0.25, -0.2) is 4.79 Å². The van der Waals surface area contributed by atoms with Crippen molar-refractivity contribution in [2.45, 2.75) is 25.4 Å². The molecule has 1 aromatic carbocycles. The van der Waals surface area contributed by atoms with E-state index in [-0.39, 0.29) is 12.1 Å².